The van der Waals surface area contributed by atoms with Gasteiger partial charge in [-0.15, -0.1) is 11.3 Å². The molecule has 0 saturated heterocycles. The highest BCUT2D eigenvalue weighted by Gasteiger charge is 2.15. The van der Waals surface area contributed by atoms with E-state index in [0.29, 0.717) is 11.4 Å². The second-order valence-corrected chi connectivity index (χ2v) is 7.32. The molecule has 144 valence electrons. The zero-order chi connectivity index (χ0) is 19.8. The number of anilines is 1. The van der Waals surface area contributed by atoms with Gasteiger partial charge in [0, 0.05) is 39.8 Å². The Morgan fingerprint density at radius 1 is 1.00 bits per heavy atom. The molecule has 1 amide bonds. The summed E-state index contributed by atoms with van der Waals surface area (Å²) in [6.45, 7) is 0.110. The van der Waals surface area contributed by atoms with Crippen LogP contribution < -0.4 is 4.90 Å². The Balaban J connectivity index is 1.72. The van der Waals surface area contributed by atoms with E-state index in [1.807, 2.05) is 48.6 Å². The third-order valence-electron chi connectivity index (χ3n) is 4.01. The lowest BCUT2D eigenvalue weighted by Crippen LogP contribution is -2.30. The lowest BCUT2D eigenvalue weighted by atomic mass is 10.2. The van der Waals surface area contributed by atoms with Gasteiger partial charge in [0.25, 0.3) is 5.91 Å². The van der Waals surface area contributed by atoms with E-state index in [1.165, 1.54) is 16.2 Å². The van der Waals surface area contributed by atoms with Gasteiger partial charge in [0.15, 0.2) is 12.4 Å². The van der Waals surface area contributed by atoms with Crippen molar-refractivity contribution >= 4 is 34.7 Å². The van der Waals surface area contributed by atoms with Crippen molar-refractivity contribution in [3.05, 3.63) is 52.2 Å². The third kappa shape index (κ3) is 6.53. The molecule has 27 heavy (non-hydrogen) atoms. The molecule has 0 spiro atoms. The van der Waals surface area contributed by atoms with Gasteiger partial charge in [-0.1, -0.05) is 18.2 Å². The molecule has 1 heterocycles. The Bertz CT molecular complexity index is 770. The van der Waals surface area contributed by atoms with Crippen LogP contribution in [0.4, 0.5) is 5.69 Å². The quantitative estimate of drug-likeness (QED) is 0.488. The van der Waals surface area contributed by atoms with Crippen LogP contribution in [0.15, 0.2) is 41.8 Å². The van der Waals surface area contributed by atoms with Crippen molar-refractivity contribution in [2.75, 3.05) is 32.6 Å². The van der Waals surface area contributed by atoms with Crippen molar-refractivity contribution in [2.24, 2.45) is 0 Å². The van der Waals surface area contributed by atoms with Gasteiger partial charge >= 0.3 is 5.97 Å². The number of amides is 1. The summed E-state index contributed by atoms with van der Waals surface area (Å²) >= 11 is 1.34. The van der Waals surface area contributed by atoms with E-state index in [9.17, 15) is 14.4 Å². The number of carbonyl (C=O) groups is 3. The molecule has 0 aliphatic carbocycles. The zero-order valence-electron chi connectivity index (χ0n) is 15.8. The summed E-state index contributed by atoms with van der Waals surface area (Å²) < 4.78 is 5.00. The zero-order valence-corrected chi connectivity index (χ0v) is 16.6. The summed E-state index contributed by atoms with van der Waals surface area (Å²) in [5.41, 5.74) is 2.07. The van der Waals surface area contributed by atoms with Crippen LogP contribution in [0, 0.1) is 0 Å². The van der Waals surface area contributed by atoms with E-state index in [0.717, 1.165) is 11.3 Å². The number of carbonyl (C=O) groups excluding carboxylic acids is 3. The fourth-order valence-corrected chi connectivity index (χ4v) is 3.06. The minimum atomic E-state index is -0.544. The summed E-state index contributed by atoms with van der Waals surface area (Å²) in [5.74, 6) is -0.923. The number of ether oxygens (including phenoxy) is 1. The normalized spacial score (nSPS) is 10.3. The molecule has 0 radical (unpaired) electrons. The highest BCUT2D eigenvalue weighted by atomic mass is 32.1. The number of benzene rings is 1. The van der Waals surface area contributed by atoms with E-state index in [2.05, 4.69) is 0 Å². The molecule has 2 rings (SSSR count). The van der Waals surface area contributed by atoms with Gasteiger partial charge in [0.05, 0.1) is 11.3 Å². The minimum absolute atomic E-state index is 0.0281. The lowest BCUT2D eigenvalue weighted by Gasteiger charge is -2.18. The van der Waals surface area contributed by atoms with E-state index in [-0.39, 0.29) is 31.1 Å². The lowest BCUT2D eigenvalue weighted by molar-refractivity contribution is -0.151. The molecule has 0 bridgehead atoms. The van der Waals surface area contributed by atoms with Crippen LogP contribution in [-0.2, 0) is 20.9 Å². The fraction of sp³-hybridized carbons (Fsp3) is 0.350. The SMILES string of the molecule is CN(Cc1ccc(N(C)C)cc1)C(=O)COC(=O)CCC(=O)c1cccs1. The monoisotopic (exact) mass is 388 g/mol. The van der Waals surface area contributed by atoms with Gasteiger partial charge in [0.2, 0.25) is 0 Å². The third-order valence-corrected chi connectivity index (χ3v) is 4.92. The maximum atomic E-state index is 12.1. The summed E-state index contributed by atoms with van der Waals surface area (Å²) in [6, 6.07) is 11.4. The van der Waals surface area contributed by atoms with Gasteiger partial charge in [-0.05, 0) is 29.1 Å². The molecule has 0 atom stereocenters. The molecular weight excluding hydrogens is 364 g/mol. The van der Waals surface area contributed by atoms with Gasteiger partial charge in [-0.2, -0.15) is 0 Å². The van der Waals surface area contributed by atoms with Crippen LogP contribution in [0.2, 0.25) is 0 Å². The predicted molar refractivity (Wildman–Crippen MR) is 106 cm³/mol. The van der Waals surface area contributed by atoms with Crippen LogP contribution in [-0.4, -0.2) is 50.3 Å². The average Bonchev–Trinajstić information content (AvgIpc) is 3.19. The minimum Gasteiger partial charge on any atom is -0.456 e. The highest BCUT2D eigenvalue weighted by molar-refractivity contribution is 7.12. The number of Topliss-reactive ketones (excluding diaryl/α,β-unsaturated/α-hetero) is 1. The second-order valence-electron chi connectivity index (χ2n) is 6.37. The molecule has 0 N–H and O–H groups in total. The second kappa shape index (κ2) is 9.87. The molecular formula is C20H24N2O4S. The molecule has 7 heteroatoms. The van der Waals surface area contributed by atoms with Crippen LogP contribution in [0.5, 0.6) is 0 Å². The molecule has 0 aliphatic rings. The van der Waals surface area contributed by atoms with E-state index < -0.39 is 5.97 Å². The number of likely N-dealkylation sites (N-methyl/N-ethyl adjacent to an activating group) is 1. The Labute approximate surface area is 163 Å². The summed E-state index contributed by atoms with van der Waals surface area (Å²) in [4.78, 5) is 39.9. The van der Waals surface area contributed by atoms with Crippen LogP contribution in [0.25, 0.3) is 0 Å². The molecule has 0 unspecified atom stereocenters. The number of hydrogen-bond acceptors (Lipinski definition) is 6. The van der Waals surface area contributed by atoms with Crippen molar-refractivity contribution in [3.63, 3.8) is 0 Å². The van der Waals surface area contributed by atoms with Crippen molar-refractivity contribution in [3.8, 4) is 0 Å². The predicted octanol–water partition coefficient (Wildman–Crippen LogP) is 2.98. The summed E-state index contributed by atoms with van der Waals surface area (Å²) in [6.07, 6.45) is 0.0569. The maximum absolute atomic E-state index is 12.1. The fourth-order valence-electron chi connectivity index (χ4n) is 2.36. The number of nitrogens with zero attached hydrogens (tertiary/aromatic N) is 2. The largest absolute Gasteiger partial charge is 0.456 e. The number of hydrogen-bond donors (Lipinski definition) is 0. The first kappa shape index (κ1) is 20.6. The van der Waals surface area contributed by atoms with Crippen LogP contribution >= 0.6 is 11.3 Å². The molecule has 0 aliphatic heterocycles. The van der Waals surface area contributed by atoms with E-state index in [1.54, 1.807) is 19.2 Å². The number of esters is 1. The molecule has 2 aromatic rings. The Kier molecular flexibility index (Phi) is 7.55. The number of thiophene rings is 1. The first-order valence-corrected chi connectivity index (χ1v) is 9.47. The summed E-state index contributed by atoms with van der Waals surface area (Å²) in [5, 5.41) is 1.81. The van der Waals surface area contributed by atoms with Crippen LogP contribution in [0.3, 0.4) is 0 Å². The maximum Gasteiger partial charge on any atom is 0.306 e. The van der Waals surface area contributed by atoms with Gasteiger partial charge in [0.1, 0.15) is 0 Å². The van der Waals surface area contributed by atoms with Crippen molar-refractivity contribution in [2.45, 2.75) is 19.4 Å². The number of rotatable bonds is 9. The Morgan fingerprint density at radius 3 is 2.30 bits per heavy atom. The first-order valence-electron chi connectivity index (χ1n) is 8.59. The standard InChI is InChI=1S/C20H24N2O4S/c1-21(2)16-8-6-15(7-9-16)13-22(3)19(24)14-26-20(25)11-10-17(23)18-5-4-12-27-18/h4-9,12H,10-11,13-14H2,1-3H3. The van der Waals surface area contributed by atoms with Crippen LogP contribution in [0.1, 0.15) is 28.1 Å². The van der Waals surface area contributed by atoms with E-state index in [4.69, 9.17) is 4.74 Å². The van der Waals surface area contributed by atoms with Crippen molar-refractivity contribution in [1.82, 2.24) is 4.90 Å². The Morgan fingerprint density at radius 2 is 1.70 bits per heavy atom. The molecule has 0 fully saturated rings. The summed E-state index contributed by atoms with van der Waals surface area (Å²) in [7, 11) is 5.59. The molecule has 6 nitrogen and oxygen atoms in total. The van der Waals surface area contributed by atoms with Crippen molar-refractivity contribution in [1.29, 1.82) is 0 Å². The van der Waals surface area contributed by atoms with Gasteiger partial charge < -0.3 is 14.5 Å². The molecule has 1 aromatic carbocycles. The highest BCUT2D eigenvalue weighted by Crippen LogP contribution is 2.14. The average molecular weight is 388 g/mol. The Hall–Kier alpha value is -2.67. The van der Waals surface area contributed by atoms with E-state index >= 15 is 0 Å². The van der Waals surface area contributed by atoms with Gasteiger partial charge in [-0.25, -0.2) is 0 Å². The molecule has 1 aromatic heterocycles. The topological polar surface area (TPSA) is 66.9 Å². The number of ketones is 1. The van der Waals surface area contributed by atoms with Crippen molar-refractivity contribution < 1.29 is 19.1 Å². The smallest absolute Gasteiger partial charge is 0.306 e. The van der Waals surface area contributed by atoms with Gasteiger partial charge in [-0.3, -0.25) is 14.4 Å². The first-order chi connectivity index (χ1) is 12.9. The molecule has 0 saturated carbocycles.